The molecule has 1 aromatic carbocycles. The summed E-state index contributed by atoms with van der Waals surface area (Å²) < 4.78 is 27.6. The van der Waals surface area contributed by atoms with Gasteiger partial charge in [0.25, 0.3) is 0 Å². The quantitative estimate of drug-likeness (QED) is 0.744. The van der Waals surface area contributed by atoms with Crippen LogP contribution in [0, 0.1) is 6.92 Å². The molecule has 1 aromatic rings. The van der Waals surface area contributed by atoms with Gasteiger partial charge in [0.2, 0.25) is 10.0 Å². The van der Waals surface area contributed by atoms with Crippen LogP contribution >= 0.6 is 35.3 Å². The lowest BCUT2D eigenvalue weighted by Gasteiger charge is -2.22. The van der Waals surface area contributed by atoms with E-state index in [-0.39, 0.29) is 0 Å². The average Bonchev–Trinajstić information content (AvgIpc) is 2.57. The summed E-state index contributed by atoms with van der Waals surface area (Å²) >= 11 is 5.92. The molecule has 0 aromatic heterocycles. The van der Waals surface area contributed by atoms with E-state index in [4.69, 9.17) is 0 Å². The van der Waals surface area contributed by atoms with Gasteiger partial charge >= 0.3 is 0 Å². The molecule has 7 heteroatoms. The molecule has 0 unspecified atom stereocenters. The highest BCUT2D eigenvalue weighted by atomic mass is 32.2. The molecule has 0 bridgehead atoms. The van der Waals surface area contributed by atoms with Crippen LogP contribution in [0.15, 0.2) is 29.2 Å². The summed E-state index contributed by atoms with van der Waals surface area (Å²) in [7, 11) is -3.37. The number of rotatable bonds is 2. The molecule has 0 spiro atoms. The molecular weight excluding hydrogens is 378 g/mol. The summed E-state index contributed by atoms with van der Waals surface area (Å²) in [6.07, 6.45) is 1.85. The van der Waals surface area contributed by atoms with Crippen molar-refractivity contribution in [3.05, 3.63) is 29.8 Å². The molecule has 0 radical (unpaired) electrons. The lowest BCUT2D eigenvalue weighted by Crippen LogP contribution is -2.33. The molecule has 0 N–H and O–H groups in total. The summed E-state index contributed by atoms with van der Waals surface area (Å²) in [6.45, 7) is 3.23. The van der Waals surface area contributed by atoms with E-state index in [2.05, 4.69) is 0 Å². The number of hydrogen-bond donors (Lipinski definition) is 0. The van der Waals surface area contributed by atoms with Crippen LogP contribution in [0.2, 0.25) is 0 Å². The first-order valence-electron chi connectivity index (χ1n) is 8.41. The van der Waals surface area contributed by atoms with E-state index in [1.54, 1.807) is 16.4 Å². The molecule has 136 valence electrons. The predicted molar refractivity (Wildman–Crippen MR) is 111 cm³/mol. The van der Waals surface area contributed by atoms with Gasteiger partial charge in [-0.1, -0.05) is 17.7 Å². The maximum Gasteiger partial charge on any atom is 0.243 e. The van der Waals surface area contributed by atoms with Gasteiger partial charge in [0.1, 0.15) is 0 Å². The van der Waals surface area contributed by atoms with Crippen LogP contribution in [0.4, 0.5) is 0 Å². The molecule has 2 rings (SSSR count). The minimum atomic E-state index is -3.37. The fourth-order valence-electron chi connectivity index (χ4n) is 2.44. The summed E-state index contributed by atoms with van der Waals surface area (Å²) in [4.78, 5) is 0.422. The molecule has 1 aliphatic rings. The molecular formula is C17H27NO2S4. The zero-order chi connectivity index (χ0) is 17.3. The standard InChI is InChI=1S/C17H27NO2S4/c1-16-4-6-17(7-5-16)24(19,20)18-8-2-10-21-12-14-23-15-13-22-11-3-9-18/h4-7H,2-3,8-15H2,1H3. The molecule has 0 amide bonds. The first kappa shape index (κ1) is 20.5. The fourth-order valence-corrected chi connectivity index (χ4v) is 7.12. The molecule has 3 nitrogen and oxygen atoms in total. The van der Waals surface area contributed by atoms with E-state index < -0.39 is 10.0 Å². The minimum absolute atomic E-state index is 0.422. The van der Waals surface area contributed by atoms with Crippen molar-refractivity contribution in [1.82, 2.24) is 4.31 Å². The van der Waals surface area contributed by atoms with Gasteiger partial charge in [-0.2, -0.15) is 39.6 Å². The van der Waals surface area contributed by atoms with Crippen LogP contribution in [0.3, 0.4) is 0 Å². The topological polar surface area (TPSA) is 37.4 Å². The fraction of sp³-hybridized carbons (Fsp3) is 0.647. The van der Waals surface area contributed by atoms with Crippen molar-refractivity contribution in [3.63, 3.8) is 0 Å². The second-order valence-electron chi connectivity index (χ2n) is 5.76. The number of thioether (sulfide) groups is 3. The number of nitrogens with zero attached hydrogens (tertiary/aromatic N) is 1. The number of hydrogen-bond acceptors (Lipinski definition) is 5. The Morgan fingerprint density at radius 3 is 1.75 bits per heavy atom. The normalized spacial score (nSPS) is 20.4. The molecule has 0 atom stereocenters. The van der Waals surface area contributed by atoms with Gasteiger partial charge in [0.15, 0.2) is 0 Å². The lowest BCUT2D eigenvalue weighted by molar-refractivity contribution is 0.412. The van der Waals surface area contributed by atoms with Crippen LogP contribution in [0.25, 0.3) is 0 Å². The third-order valence-electron chi connectivity index (χ3n) is 3.80. The van der Waals surface area contributed by atoms with Crippen molar-refractivity contribution >= 4 is 45.3 Å². The lowest BCUT2D eigenvalue weighted by atomic mass is 10.2. The minimum Gasteiger partial charge on any atom is -0.207 e. The van der Waals surface area contributed by atoms with E-state index >= 15 is 0 Å². The molecule has 1 saturated heterocycles. The summed E-state index contributed by atoms with van der Waals surface area (Å²) in [5.74, 6) is 6.82. The Balaban J connectivity index is 2.03. The van der Waals surface area contributed by atoms with Crippen molar-refractivity contribution in [2.75, 3.05) is 47.6 Å². The SMILES string of the molecule is Cc1ccc(S(=O)(=O)N2CCCSCCSCCSCCC2)cc1. The maximum atomic E-state index is 12.9. The van der Waals surface area contributed by atoms with Crippen LogP contribution in [-0.4, -0.2) is 60.3 Å². The van der Waals surface area contributed by atoms with E-state index in [0.717, 1.165) is 29.9 Å². The van der Waals surface area contributed by atoms with E-state index in [1.165, 1.54) is 23.0 Å². The van der Waals surface area contributed by atoms with Crippen LogP contribution in [-0.2, 0) is 10.0 Å². The Labute approximate surface area is 159 Å². The molecule has 1 heterocycles. The summed E-state index contributed by atoms with van der Waals surface area (Å²) in [5.41, 5.74) is 1.08. The van der Waals surface area contributed by atoms with Gasteiger partial charge in [-0.05, 0) is 43.4 Å². The van der Waals surface area contributed by atoms with Gasteiger partial charge in [-0.3, -0.25) is 0 Å². The molecule has 24 heavy (non-hydrogen) atoms. The smallest absolute Gasteiger partial charge is 0.207 e. The van der Waals surface area contributed by atoms with Gasteiger partial charge in [0, 0.05) is 36.1 Å². The van der Waals surface area contributed by atoms with Gasteiger partial charge in [-0.15, -0.1) is 0 Å². The van der Waals surface area contributed by atoms with E-state index in [9.17, 15) is 8.42 Å². The van der Waals surface area contributed by atoms with Gasteiger partial charge in [0.05, 0.1) is 4.90 Å². The van der Waals surface area contributed by atoms with Gasteiger partial charge < -0.3 is 0 Å². The number of benzene rings is 1. The van der Waals surface area contributed by atoms with Crippen molar-refractivity contribution < 1.29 is 8.42 Å². The molecule has 1 aliphatic heterocycles. The first-order valence-corrected chi connectivity index (χ1v) is 13.3. The zero-order valence-electron chi connectivity index (χ0n) is 14.3. The molecule has 1 fully saturated rings. The Kier molecular flexibility index (Phi) is 9.40. The largest absolute Gasteiger partial charge is 0.243 e. The third-order valence-corrected chi connectivity index (χ3v) is 9.35. The maximum absolute atomic E-state index is 12.9. The Morgan fingerprint density at radius 2 is 1.25 bits per heavy atom. The second kappa shape index (κ2) is 11.0. The summed E-state index contributed by atoms with van der Waals surface area (Å²) in [6, 6.07) is 7.22. The van der Waals surface area contributed by atoms with Crippen LogP contribution in [0.1, 0.15) is 18.4 Å². The van der Waals surface area contributed by atoms with E-state index in [0.29, 0.717) is 18.0 Å². The number of sulfonamides is 1. The monoisotopic (exact) mass is 405 g/mol. The Morgan fingerprint density at radius 1 is 0.792 bits per heavy atom. The predicted octanol–water partition coefficient (Wildman–Crippen LogP) is 3.98. The average molecular weight is 406 g/mol. The second-order valence-corrected chi connectivity index (χ2v) is 11.4. The van der Waals surface area contributed by atoms with E-state index in [1.807, 2.05) is 54.3 Å². The summed E-state index contributed by atoms with van der Waals surface area (Å²) in [5, 5.41) is 0. The van der Waals surface area contributed by atoms with Gasteiger partial charge in [-0.25, -0.2) is 8.42 Å². The Bertz CT molecular complexity index is 561. The van der Waals surface area contributed by atoms with Crippen molar-refractivity contribution in [2.45, 2.75) is 24.7 Å². The van der Waals surface area contributed by atoms with Crippen molar-refractivity contribution in [1.29, 1.82) is 0 Å². The highest BCUT2D eigenvalue weighted by molar-refractivity contribution is 8.04. The highest BCUT2D eigenvalue weighted by Gasteiger charge is 2.23. The third kappa shape index (κ3) is 6.83. The van der Waals surface area contributed by atoms with Crippen molar-refractivity contribution in [3.8, 4) is 0 Å². The Hall–Kier alpha value is 0.180. The zero-order valence-corrected chi connectivity index (χ0v) is 17.5. The van der Waals surface area contributed by atoms with Crippen LogP contribution in [0.5, 0.6) is 0 Å². The molecule has 0 saturated carbocycles. The first-order chi connectivity index (χ1) is 11.6. The van der Waals surface area contributed by atoms with Crippen LogP contribution < -0.4 is 0 Å². The van der Waals surface area contributed by atoms with Crippen molar-refractivity contribution in [2.24, 2.45) is 0 Å². The highest BCUT2D eigenvalue weighted by Crippen LogP contribution is 2.19. The molecule has 0 aliphatic carbocycles. The number of aryl methyl sites for hydroxylation is 1.